The van der Waals surface area contributed by atoms with Gasteiger partial charge >= 0.3 is 5.97 Å². The summed E-state index contributed by atoms with van der Waals surface area (Å²) in [4.78, 5) is 41.5. The first kappa shape index (κ1) is 20.1. The lowest BCUT2D eigenvalue weighted by Gasteiger charge is -2.46. The highest BCUT2D eigenvalue weighted by Gasteiger charge is 2.42. The van der Waals surface area contributed by atoms with E-state index in [1.165, 1.54) is 7.11 Å². The lowest BCUT2D eigenvalue weighted by Crippen LogP contribution is -2.51. The molecule has 0 saturated heterocycles. The Morgan fingerprint density at radius 2 is 1.88 bits per heavy atom. The van der Waals surface area contributed by atoms with Crippen LogP contribution in [0.2, 0.25) is 0 Å². The Morgan fingerprint density at radius 3 is 2.69 bits per heavy atom. The van der Waals surface area contributed by atoms with Gasteiger partial charge in [0.15, 0.2) is 0 Å². The molecule has 2 aromatic carbocycles. The van der Waals surface area contributed by atoms with Gasteiger partial charge in [-0.25, -0.2) is 0 Å². The molecule has 1 aromatic heterocycles. The molecule has 2 aliphatic heterocycles. The molecule has 1 unspecified atom stereocenters. The van der Waals surface area contributed by atoms with E-state index in [9.17, 15) is 14.4 Å². The van der Waals surface area contributed by atoms with Crippen molar-refractivity contribution in [1.82, 2.24) is 14.8 Å². The van der Waals surface area contributed by atoms with E-state index in [-0.39, 0.29) is 31.1 Å². The van der Waals surface area contributed by atoms with Crippen molar-refractivity contribution in [1.29, 1.82) is 0 Å². The molecule has 1 atom stereocenters. The molecule has 0 saturated carbocycles. The molecule has 164 valence electrons. The van der Waals surface area contributed by atoms with Gasteiger partial charge in [-0.1, -0.05) is 30.3 Å². The summed E-state index contributed by atoms with van der Waals surface area (Å²) in [6.45, 7) is 0.469. The molecule has 0 aliphatic carbocycles. The molecule has 0 fully saturated rings. The summed E-state index contributed by atoms with van der Waals surface area (Å²) >= 11 is 0. The van der Waals surface area contributed by atoms with Crippen molar-refractivity contribution in [2.75, 3.05) is 32.1 Å². The third kappa shape index (κ3) is 3.02. The third-order valence-corrected chi connectivity index (χ3v) is 6.36. The van der Waals surface area contributed by atoms with Crippen LogP contribution in [0.5, 0.6) is 0 Å². The minimum Gasteiger partial charge on any atom is -0.468 e. The van der Waals surface area contributed by atoms with Crippen LogP contribution in [-0.4, -0.2) is 54.5 Å². The molecule has 1 N–H and O–H groups in total. The van der Waals surface area contributed by atoms with Gasteiger partial charge in [-0.05, 0) is 30.2 Å². The van der Waals surface area contributed by atoms with Crippen LogP contribution < -0.4 is 10.2 Å². The minimum atomic E-state index is -0.502. The number of rotatable bonds is 4. The van der Waals surface area contributed by atoms with Crippen molar-refractivity contribution in [3.63, 3.8) is 0 Å². The van der Waals surface area contributed by atoms with Crippen LogP contribution in [0.1, 0.15) is 27.8 Å². The summed E-state index contributed by atoms with van der Waals surface area (Å²) in [5, 5.41) is 3.71. The topological polar surface area (TPSA) is 83.9 Å². The highest BCUT2D eigenvalue weighted by molar-refractivity contribution is 6.02. The highest BCUT2D eigenvalue weighted by atomic mass is 16.5. The Balaban J connectivity index is 1.61. The largest absolute Gasteiger partial charge is 0.468 e. The summed E-state index contributed by atoms with van der Waals surface area (Å²) in [6, 6.07) is 15.6. The molecule has 2 amide bonds. The van der Waals surface area contributed by atoms with Crippen LogP contribution in [0.25, 0.3) is 10.9 Å². The molecule has 3 heterocycles. The van der Waals surface area contributed by atoms with Gasteiger partial charge in [0.05, 0.1) is 24.1 Å². The number of nitrogens with zero attached hydrogens (tertiary/aromatic N) is 3. The molecular weight excluding hydrogens is 408 g/mol. The second kappa shape index (κ2) is 7.71. The van der Waals surface area contributed by atoms with Gasteiger partial charge in [-0.3, -0.25) is 14.4 Å². The van der Waals surface area contributed by atoms with E-state index in [4.69, 9.17) is 0 Å². The molecule has 5 rings (SSSR count). The average Bonchev–Trinajstić information content (AvgIpc) is 3.14. The Labute approximate surface area is 185 Å². The van der Waals surface area contributed by atoms with Gasteiger partial charge in [0, 0.05) is 24.5 Å². The number of carbonyl (C=O) groups excluding carboxylic acids is 3. The zero-order chi connectivity index (χ0) is 22.4. The fourth-order valence-corrected chi connectivity index (χ4v) is 4.92. The molecule has 8 heteroatoms. The summed E-state index contributed by atoms with van der Waals surface area (Å²) in [5.41, 5.74) is 4.59. The molecule has 0 spiro atoms. The van der Waals surface area contributed by atoms with E-state index in [2.05, 4.69) is 21.0 Å². The molecular formula is C24H24N4O4. The van der Waals surface area contributed by atoms with E-state index in [1.54, 1.807) is 0 Å². The summed E-state index contributed by atoms with van der Waals surface area (Å²) in [7, 11) is 3.27. The zero-order valence-corrected chi connectivity index (χ0v) is 18.0. The first-order valence-corrected chi connectivity index (χ1v) is 10.6. The number of ether oxygens (including phenoxy) is 1. The average molecular weight is 432 g/mol. The fraction of sp³-hybridized carbons (Fsp3) is 0.292. The number of carbonyl (C=O) groups is 3. The van der Waals surface area contributed by atoms with Crippen LogP contribution in [0, 0.1) is 0 Å². The van der Waals surface area contributed by atoms with Gasteiger partial charge in [-0.2, -0.15) is 0 Å². The number of hydrogen-bond donors (Lipinski definition) is 1. The van der Waals surface area contributed by atoms with Crippen molar-refractivity contribution >= 4 is 34.4 Å². The van der Waals surface area contributed by atoms with Crippen LogP contribution in [0.4, 0.5) is 5.69 Å². The molecule has 3 aromatic rings. The number of hydrogen-bond acceptors (Lipinski definition) is 5. The molecule has 8 nitrogen and oxygen atoms in total. The van der Waals surface area contributed by atoms with Gasteiger partial charge < -0.3 is 24.4 Å². The number of para-hydroxylation sites is 2. The van der Waals surface area contributed by atoms with E-state index < -0.39 is 5.97 Å². The fourth-order valence-electron chi connectivity index (χ4n) is 4.92. The van der Waals surface area contributed by atoms with E-state index >= 15 is 0 Å². The van der Waals surface area contributed by atoms with Gasteiger partial charge in [0.25, 0.3) is 5.91 Å². The number of methoxy groups -OCH3 is 1. The maximum Gasteiger partial charge on any atom is 0.325 e. The van der Waals surface area contributed by atoms with Crippen molar-refractivity contribution in [2.24, 2.45) is 0 Å². The maximum absolute atomic E-state index is 13.3. The highest BCUT2D eigenvalue weighted by Crippen LogP contribution is 2.44. The first-order valence-electron chi connectivity index (χ1n) is 10.6. The second-order valence-electron chi connectivity index (χ2n) is 8.07. The Bertz CT molecular complexity index is 1250. The van der Waals surface area contributed by atoms with Gasteiger partial charge in [-0.15, -0.1) is 0 Å². The summed E-state index contributed by atoms with van der Waals surface area (Å²) in [5.74, 6) is -0.791. The third-order valence-electron chi connectivity index (χ3n) is 6.36. The molecule has 32 heavy (non-hydrogen) atoms. The monoisotopic (exact) mass is 432 g/mol. The van der Waals surface area contributed by atoms with E-state index in [1.807, 2.05) is 59.0 Å². The van der Waals surface area contributed by atoms with Crippen LogP contribution in [-0.2, 0) is 27.3 Å². The van der Waals surface area contributed by atoms with Crippen molar-refractivity contribution in [3.8, 4) is 0 Å². The lowest BCUT2D eigenvalue weighted by molar-refractivity contribution is -0.141. The molecule has 0 bridgehead atoms. The Hall–Kier alpha value is -3.81. The summed E-state index contributed by atoms with van der Waals surface area (Å²) < 4.78 is 6.59. The van der Waals surface area contributed by atoms with Crippen molar-refractivity contribution in [3.05, 3.63) is 65.4 Å². The van der Waals surface area contributed by atoms with Crippen molar-refractivity contribution < 1.29 is 19.1 Å². The number of anilines is 1. The number of esters is 1. The number of nitrogens with one attached hydrogen (secondary N) is 1. The maximum atomic E-state index is 13.3. The van der Waals surface area contributed by atoms with Gasteiger partial charge in [0.1, 0.15) is 19.3 Å². The second-order valence-corrected chi connectivity index (χ2v) is 8.07. The first-order chi connectivity index (χ1) is 15.5. The Morgan fingerprint density at radius 1 is 1.12 bits per heavy atom. The predicted molar refractivity (Wildman–Crippen MR) is 119 cm³/mol. The quantitative estimate of drug-likeness (QED) is 0.639. The lowest BCUT2D eigenvalue weighted by atomic mass is 9.96. The smallest absolute Gasteiger partial charge is 0.325 e. The van der Waals surface area contributed by atoms with Crippen LogP contribution in [0.3, 0.4) is 0 Å². The van der Waals surface area contributed by atoms with E-state index in [0.717, 1.165) is 27.8 Å². The number of fused-ring (bicyclic) bond motifs is 6. The number of benzene rings is 2. The summed E-state index contributed by atoms with van der Waals surface area (Å²) in [6.07, 6.45) is 0.396. The number of amides is 2. The zero-order valence-electron chi connectivity index (χ0n) is 18.0. The van der Waals surface area contributed by atoms with Crippen LogP contribution in [0.15, 0.2) is 48.5 Å². The van der Waals surface area contributed by atoms with Crippen LogP contribution >= 0.6 is 0 Å². The Kier molecular flexibility index (Phi) is 4.84. The normalized spacial score (nSPS) is 16.9. The van der Waals surface area contributed by atoms with E-state index in [0.29, 0.717) is 18.5 Å². The number of aromatic nitrogens is 1. The molecule has 0 radical (unpaired) electrons. The SMILES string of the molecule is COC(=O)CNC(=O)Cn1c2c(c3ccccc31)CCN1C(=O)c3ccccc3N(C)C21. The predicted octanol–water partition coefficient (Wildman–Crippen LogP) is 2.08. The standard InChI is InChI=1S/C24H24N4O4/c1-26-18-9-5-4-8-17(18)24(31)27-12-11-16-15-7-3-6-10-19(15)28(22(16)23(26)27)14-20(29)25-13-21(30)32-2/h3-10,23H,11-14H2,1-2H3,(H,25,29). The van der Waals surface area contributed by atoms with Gasteiger partial charge in [0.2, 0.25) is 5.91 Å². The minimum absolute atomic E-state index is 0.00120. The van der Waals surface area contributed by atoms with Crippen molar-refractivity contribution in [2.45, 2.75) is 19.1 Å². The molecule has 2 aliphatic rings.